The van der Waals surface area contributed by atoms with Crippen molar-refractivity contribution < 1.29 is 27.6 Å². The van der Waals surface area contributed by atoms with Gasteiger partial charge < -0.3 is 10.4 Å². The van der Waals surface area contributed by atoms with Crippen LogP contribution in [0.1, 0.15) is 10.4 Å². The fourth-order valence-corrected chi connectivity index (χ4v) is 0.964. The molecule has 88 valence electrons. The fraction of sp³-hybridized carbons (Fsp3) is 0.125. The van der Waals surface area contributed by atoms with Gasteiger partial charge >= 0.3 is 6.18 Å². The van der Waals surface area contributed by atoms with Crippen LogP contribution < -0.4 is 5.23 Å². The van der Waals surface area contributed by atoms with E-state index in [-0.39, 0.29) is 0 Å². The van der Waals surface area contributed by atoms with E-state index in [2.05, 4.69) is 0 Å². The average molecular weight is 238 g/mol. The van der Waals surface area contributed by atoms with Crippen molar-refractivity contribution in [2.24, 2.45) is 0 Å². The zero-order chi connectivity index (χ0) is 12.5. The summed E-state index contributed by atoms with van der Waals surface area (Å²) in [5.41, 5.74) is -1.99. The Morgan fingerprint density at radius 3 is 2.38 bits per heavy atom. The van der Waals surface area contributed by atoms with E-state index in [1.807, 2.05) is 0 Å². The molecule has 0 aliphatic rings. The number of benzene rings is 1. The quantitative estimate of drug-likeness (QED) is 0.487. The molecule has 0 saturated heterocycles. The number of rotatable bonds is 2. The number of Topliss-reactive ketones (excluding diaryl/α,β-unsaturated/α-hetero) is 1. The Morgan fingerprint density at radius 1 is 1.38 bits per heavy atom. The summed E-state index contributed by atoms with van der Waals surface area (Å²) in [7, 11) is 0. The molecule has 0 unspecified atom stereocenters. The SMILES string of the molecule is O=C(c1ccc(F)c(N([O-])O)c1)C(F)(F)F. The predicted molar refractivity (Wildman–Crippen MR) is 44.4 cm³/mol. The third-order valence-corrected chi connectivity index (χ3v) is 1.67. The molecule has 1 rings (SSSR count). The van der Waals surface area contributed by atoms with Crippen molar-refractivity contribution in [3.05, 3.63) is 34.8 Å². The first kappa shape index (κ1) is 12.4. The lowest BCUT2D eigenvalue weighted by molar-refractivity contribution is -0.0885. The first-order chi connectivity index (χ1) is 7.23. The van der Waals surface area contributed by atoms with Gasteiger partial charge in [-0.15, -0.1) is 0 Å². The summed E-state index contributed by atoms with van der Waals surface area (Å²) in [6.07, 6.45) is -5.13. The standard InChI is InChI=1S/C8H4F4NO3/c9-5-2-1-4(3-6(5)13(15)16)7(14)8(10,11)12/h1-3,15H/q-1. The minimum Gasteiger partial charge on any atom is -0.733 e. The van der Waals surface area contributed by atoms with Gasteiger partial charge in [0.15, 0.2) is 0 Å². The normalized spacial score (nSPS) is 11.4. The van der Waals surface area contributed by atoms with Crippen LogP contribution in [0, 0.1) is 11.0 Å². The first-order valence-corrected chi connectivity index (χ1v) is 3.80. The molecular formula is C8H4F4NO3-. The van der Waals surface area contributed by atoms with E-state index >= 15 is 0 Å². The van der Waals surface area contributed by atoms with Gasteiger partial charge in [0, 0.05) is 5.56 Å². The van der Waals surface area contributed by atoms with Crippen LogP contribution in [0.2, 0.25) is 0 Å². The maximum atomic E-state index is 12.8. The number of ketones is 1. The van der Waals surface area contributed by atoms with E-state index in [1.165, 1.54) is 0 Å². The number of carbonyl (C=O) groups is 1. The van der Waals surface area contributed by atoms with Crippen LogP contribution >= 0.6 is 0 Å². The second kappa shape index (κ2) is 4.06. The minimum absolute atomic E-state index is 0.318. The summed E-state index contributed by atoms with van der Waals surface area (Å²) in [5.74, 6) is -3.47. The van der Waals surface area contributed by atoms with Crippen molar-refractivity contribution in [3.8, 4) is 0 Å². The van der Waals surface area contributed by atoms with E-state index in [0.29, 0.717) is 18.2 Å². The predicted octanol–water partition coefficient (Wildman–Crippen LogP) is 2.26. The van der Waals surface area contributed by atoms with E-state index in [0.717, 1.165) is 0 Å². The van der Waals surface area contributed by atoms with Crippen molar-refractivity contribution in [2.45, 2.75) is 6.18 Å². The first-order valence-electron chi connectivity index (χ1n) is 3.80. The Balaban J connectivity index is 3.18. The van der Waals surface area contributed by atoms with Crippen molar-refractivity contribution >= 4 is 11.5 Å². The largest absolute Gasteiger partial charge is 0.733 e. The molecule has 1 aromatic rings. The van der Waals surface area contributed by atoms with Crippen molar-refractivity contribution in [3.63, 3.8) is 0 Å². The molecule has 1 N–H and O–H groups in total. The van der Waals surface area contributed by atoms with Crippen LogP contribution in [-0.4, -0.2) is 17.2 Å². The molecule has 0 fully saturated rings. The van der Waals surface area contributed by atoms with E-state index in [4.69, 9.17) is 5.21 Å². The number of carbonyl (C=O) groups excluding carboxylic acids is 1. The van der Waals surface area contributed by atoms with Gasteiger partial charge in [-0.05, 0) is 18.2 Å². The highest BCUT2D eigenvalue weighted by atomic mass is 19.4. The second-order valence-electron chi connectivity index (χ2n) is 2.77. The lowest BCUT2D eigenvalue weighted by atomic mass is 10.1. The highest BCUT2D eigenvalue weighted by Gasteiger charge is 2.39. The third kappa shape index (κ3) is 2.47. The van der Waals surface area contributed by atoms with E-state index < -0.39 is 34.3 Å². The van der Waals surface area contributed by atoms with Gasteiger partial charge in [0.2, 0.25) is 0 Å². The molecule has 0 aliphatic carbocycles. The summed E-state index contributed by atoms with van der Waals surface area (Å²) < 4.78 is 48.7. The molecule has 0 heterocycles. The topological polar surface area (TPSA) is 63.6 Å². The third-order valence-electron chi connectivity index (χ3n) is 1.67. The second-order valence-corrected chi connectivity index (χ2v) is 2.77. The number of nitrogens with zero attached hydrogens (tertiary/aromatic N) is 1. The molecule has 0 aromatic heterocycles. The van der Waals surface area contributed by atoms with Gasteiger partial charge in [-0.2, -0.15) is 13.2 Å². The maximum Gasteiger partial charge on any atom is 0.454 e. The molecule has 0 radical (unpaired) electrons. The summed E-state index contributed by atoms with van der Waals surface area (Å²) in [6, 6.07) is 1.37. The smallest absolute Gasteiger partial charge is 0.454 e. The number of alkyl halides is 3. The van der Waals surface area contributed by atoms with Gasteiger partial charge in [-0.25, -0.2) is 4.39 Å². The summed E-state index contributed by atoms with van der Waals surface area (Å²) in [4.78, 5) is 10.7. The number of halogens is 4. The number of hydrogen-bond donors (Lipinski definition) is 1. The van der Waals surface area contributed by atoms with Crippen LogP contribution in [0.3, 0.4) is 0 Å². The summed E-state index contributed by atoms with van der Waals surface area (Å²) in [6.45, 7) is 0. The monoisotopic (exact) mass is 238 g/mol. The van der Waals surface area contributed by atoms with Crippen molar-refractivity contribution in [1.82, 2.24) is 0 Å². The molecule has 1 aromatic carbocycles. The average Bonchev–Trinajstić information content (AvgIpc) is 2.15. The Hall–Kier alpha value is -1.67. The van der Waals surface area contributed by atoms with Gasteiger partial charge in [0.25, 0.3) is 5.78 Å². The molecule has 0 aliphatic heterocycles. The Bertz CT molecular complexity index is 416. The Morgan fingerprint density at radius 2 is 1.94 bits per heavy atom. The molecule has 0 saturated carbocycles. The molecule has 16 heavy (non-hydrogen) atoms. The van der Waals surface area contributed by atoms with E-state index in [1.54, 1.807) is 0 Å². The molecule has 0 amide bonds. The molecule has 4 nitrogen and oxygen atoms in total. The van der Waals surface area contributed by atoms with Gasteiger partial charge in [-0.1, -0.05) is 0 Å². The summed E-state index contributed by atoms with van der Waals surface area (Å²) in [5, 5.41) is 17.7. The molecule has 0 bridgehead atoms. The Kier molecular flexibility index (Phi) is 3.15. The number of hydrogen-bond acceptors (Lipinski definition) is 4. The lowest BCUT2D eigenvalue weighted by Crippen LogP contribution is -2.23. The molecular weight excluding hydrogens is 234 g/mol. The van der Waals surface area contributed by atoms with Crippen LogP contribution in [0.5, 0.6) is 0 Å². The van der Waals surface area contributed by atoms with Crippen LogP contribution in [0.25, 0.3) is 0 Å². The zero-order valence-electron chi connectivity index (χ0n) is 7.45. The number of anilines is 1. The highest BCUT2D eigenvalue weighted by Crippen LogP contribution is 2.25. The fourth-order valence-electron chi connectivity index (χ4n) is 0.964. The molecule has 0 spiro atoms. The van der Waals surface area contributed by atoms with Crippen molar-refractivity contribution in [1.29, 1.82) is 0 Å². The van der Waals surface area contributed by atoms with Crippen LogP contribution in [-0.2, 0) is 0 Å². The zero-order valence-corrected chi connectivity index (χ0v) is 7.45. The minimum atomic E-state index is -5.13. The van der Waals surface area contributed by atoms with Gasteiger partial charge in [0.1, 0.15) is 5.82 Å². The van der Waals surface area contributed by atoms with Gasteiger partial charge in [0.05, 0.1) is 5.69 Å². The molecule has 0 atom stereocenters. The molecule has 8 heteroatoms. The van der Waals surface area contributed by atoms with Crippen LogP contribution in [0.4, 0.5) is 23.2 Å². The highest BCUT2D eigenvalue weighted by molar-refractivity contribution is 6.00. The van der Waals surface area contributed by atoms with Crippen molar-refractivity contribution in [2.75, 3.05) is 5.23 Å². The lowest BCUT2D eigenvalue weighted by Gasteiger charge is -2.22. The van der Waals surface area contributed by atoms with Crippen LogP contribution in [0.15, 0.2) is 18.2 Å². The Labute approximate surface area is 86.2 Å². The maximum absolute atomic E-state index is 12.8. The van der Waals surface area contributed by atoms with E-state index in [9.17, 15) is 27.6 Å². The summed E-state index contributed by atoms with van der Waals surface area (Å²) >= 11 is 0. The van der Waals surface area contributed by atoms with Gasteiger partial charge in [-0.3, -0.25) is 10.0 Å².